The van der Waals surface area contributed by atoms with Gasteiger partial charge in [0.15, 0.2) is 0 Å². The summed E-state index contributed by atoms with van der Waals surface area (Å²) in [5, 5.41) is 2.09. The second-order valence-corrected chi connectivity index (χ2v) is 5.27. The largest absolute Gasteiger partial charge is 0.465 e. The number of unbranched alkanes of at least 4 members (excludes halogenated alkanes) is 1. The Morgan fingerprint density at radius 1 is 1.62 bits per heavy atom. The summed E-state index contributed by atoms with van der Waals surface area (Å²) in [4.78, 5) is 13.3. The van der Waals surface area contributed by atoms with Gasteiger partial charge in [0.1, 0.15) is 0 Å². The van der Waals surface area contributed by atoms with Crippen LogP contribution >= 0.6 is 11.3 Å². The summed E-state index contributed by atoms with van der Waals surface area (Å²) in [7, 11) is 0. The van der Waals surface area contributed by atoms with Crippen molar-refractivity contribution in [3.8, 4) is 0 Å². The first-order valence-electron chi connectivity index (χ1n) is 6.06. The van der Waals surface area contributed by atoms with E-state index in [2.05, 4.69) is 18.4 Å². The van der Waals surface area contributed by atoms with E-state index in [9.17, 15) is 4.79 Å². The van der Waals surface area contributed by atoms with Gasteiger partial charge in [-0.25, -0.2) is 0 Å². The standard InChI is InChI=1S/C13H18O2S/c1-2-3-8-15-13(14)11-5-4-6-12-10(11)7-9-16-12/h7,9,11H,2-6,8H2,1H3. The van der Waals surface area contributed by atoms with Gasteiger partial charge in [-0.2, -0.15) is 0 Å². The molecule has 0 saturated heterocycles. The molecule has 0 radical (unpaired) electrons. The van der Waals surface area contributed by atoms with E-state index in [-0.39, 0.29) is 11.9 Å². The van der Waals surface area contributed by atoms with Crippen molar-refractivity contribution in [2.24, 2.45) is 0 Å². The highest BCUT2D eigenvalue weighted by Crippen LogP contribution is 2.35. The normalized spacial score (nSPS) is 19.2. The van der Waals surface area contributed by atoms with Crippen LogP contribution in [0.4, 0.5) is 0 Å². The molecule has 0 N–H and O–H groups in total. The molecule has 0 saturated carbocycles. The zero-order chi connectivity index (χ0) is 11.4. The third-order valence-electron chi connectivity index (χ3n) is 3.08. The maximum Gasteiger partial charge on any atom is 0.313 e. The van der Waals surface area contributed by atoms with E-state index in [1.807, 2.05) is 0 Å². The van der Waals surface area contributed by atoms with Crippen LogP contribution in [0.5, 0.6) is 0 Å². The minimum absolute atomic E-state index is 0.00635. The van der Waals surface area contributed by atoms with E-state index in [4.69, 9.17) is 4.74 Å². The van der Waals surface area contributed by atoms with Crippen LogP contribution in [0.1, 0.15) is 49.0 Å². The van der Waals surface area contributed by atoms with Gasteiger partial charge in [0.25, 0.3) is 0 Å². The average molecular weight is 238 g/mol. The first-order chi connectivity index (χ1) is 7.83. The van der Waals surface area contributed by atoms with E-state index in [1.165, 1.54) is 10.4 Å². The number of hydrogen-bond donors (Lipinski definition) is 0. The molecule has 1 atom stereocenters. The zero-order valence-corrected chi connectivity index (χ0v) is 10.5. The molecular weight excluding hydrogens is 220 g/mol. The predicted molar refractivity (Wildman–Crippen MR) is 65.9 cm³/mol. The fourth-order valence-corrected chi connectivity index (χ4v) is 3.14. The first kappa shape index (κ1) is 11.6. The quantitative estimate of drug-likeness (QED) is 0.592. The lowest BCUT2D eigenvalue weighted by Crippen LogP contribution is -2.20. The third-order valence-corrected chi connectivity index (χ3v) is 4.08. The Balaban J connectivity index is 1.98. The molecule has 0 fully saturated rings. The van der Waals surface area contributed by atoms with Crippen LogP contribution in [0.15, 0.2) is 11.4 Å². The van der Waals surface area contributed by atoms with Crippen molar-refractivity contribution in [3.63, 3.8) is 0 Å². The average Bonchev–Trinajstić information content (AvgIpc) is 2.76. The summed E-state index contributed by atoms with van der Waals surface area (Å²) in [6.45, 7) is 2.68. The fraction of sp³-hybridized carbons (Fsp3) is 0.615. The van der Waals surface area contributed by atoms with Crippen molar-refractivity contribution in [1.82, 2.24) is 0 Å². The fourth-order valence-electron chi connectivity index (χ4n) is 2.15. The number of carbonyl (C=O) groups is 1. The summed E-state index contributed by atoms with van der Waals surface area (Å²) in [5.41, 5.74) is 1.22. The van der Waals surface area contributed by atoms with Crippen molar-refractivity contribution >= 4 is 17.3 Å². The van der Waals surface area contributed by atoms with Crippen LogP contribution in [-0.2, 0) is 16.0 Å². The second-order valence-electron chi connectivity index (χ2n) is 4.26. The highest BCUT2D eigenvalue weighted by Gasteiger charge is 2.28. The van der Waals surface area contributed by atoms with Gasteiger partial charge < -0.3 is 4.74 Å². The molecule has 2 rings (SSSR count). The molecule has 1 aromatic rings. The van der Waals surface area contributed by atoms with Gasteiger partial charge in [-0.05, 0) is 42.7 Å². The number of carbonyl (C=O) groups excluding carboxylic acids is 1. The minimum Gasteiger partial charge on any atom is -0.465 e. The Labute approximate surface area is 101 Å². The maximum atomic E-state index is 11.9. The topological polar surface area (TPSA) is 26.3 Å². The van der Waals surface area contributed by atoms with Crippen molar-refractivity contribution in [2.75, 3.05) is 6.61 Å². The summed E-state index contributed by atoms with van der Waals surface area (Å²) in [6.07, 6.45) is 5.23. The predicted octanol–water partition coefficient (Wildman–Crippen LogP) is 3.51. The molecule has 1 aromatic heterocycles. The molecule has 3 heteroatoms. The Morgan fingerprint density at radius 3 is 3.31 bits per heavy atom. The maximum absolute atomic E-state index is 11.9. The lowest BCUT2D eigenvalue weighted by molar-refractivity contribution is -0.146. The first-order valence-corrected chi connectivity index (χ1v) is 6.93. The number of thiophene rings is 1. The lowest BCUT2D eigenvalue weighted by Gasteiger charge is -2.20. The number of aryl methyl sites for hydroxylation is 1. The van der Waals surface area contributed by atoms with Crippen molar-refractivity contribution < 1.29 is 9.53 Å². The van der Waals surface area contributed by atoms with Crippen molar-refractivity contribution in [3.05, 3.63) is 21.9 Å². The summed E-state index contributed by atoms with van der Waals surface area (Å²) in [6, 6.07) is 2.09. The molecular formula is C13H18O2S. The molecule has 16 heavy (non-hydrogen) atoms. The molecule has 88 valence electrons. The van der Waals surface area contributed by atoms with Crippen LogP contribution in [-0.4, -0.2) is 12.6 Å². The minimum atomic E-state index is -0.0206. The summed E-state index contributed by atoms with van der Waals surface area (Å²) < 4.78 is 5.31. The number of ether oxygens (including phenoxy) is 1. The van der Waals surface area contributed by atoms with Crippen LogP contribution in [0.3, 0.4) is 0 Å². The molecule has 2 nitrogen and oxygen atoms in total. The van der Waals surface area contributed by atoms with Gasteiger partial charge in [0, 0.05) is 4.88 Å². The Kier molecular flexibility index (Phi) is 3.99. The summed E-state index contributed by atoms with van der Waals surface area (Å²) in [5.74, 6) is -0.0142. The molecule has 0 amide bonds. The molecule has 1 heterocycles. The number of rotatable bonds is 4. The van der Waals surface area contributed by atoms with Crippen LogP contribution in [0, 0.1) is 0 Å². The Hall–Kier alpha value is -0.830. The van der Waals surface area contributed by atoms with Crippen molar-refractivity contribution in [1.29, 1.82) is 0 Å². The smallest absolute Gasteiger partial charge is 0.313 e. The van der Waals surface area contributed by atoms with E-state index in [0.717, 1.165) is 32.1 Å². The van der Waals surface area contributed by atoms with Gasteiger partial charge in [-0.1, -0.05) is 13.3 Å². The van der Waals surface area contributed by atoms with E-state index in [1.54, 1.807) is 11.3 Å². The van der Waals surface area contributed by atoms with Crippen LogP contribution < -0.4 is 0 Å². The molecule has 1 unspecified atom stereocenters. The Bertz CT molecular complexity index is 357. The van der Waals surface area contributed by atoms with E-state index < -0.39 is 0 Å². The van der Waals surface area contributed by atoms with Crippen molar-refractivity contribution in [2.45, 2.75) is 44.9 Å². The third kappa shape index (κ3) is 2.46. The van der Waals surface area contributed by atoms with Gasteiger partial charge in [0.2, 0.25) is 0 Å². The van der Waals surface area contributed by atoms with Gasteiger partial charge >= 0.3 is 5.97 Å². The molecule has 1 aliphatic rings. The lowest BCUT2D eigenvalue weighted by atomic mass is 9.88. The van der Waals surface area contributed by atoms with Crippen LogP contribution in [0.25, 0.3) is 0 Å². The highest BCUT2D eigenvalue weighted by atomic mass is 32.1. The molecule has 0 spiro atoms. The molecule has 0 aliphatic heterocycles. The number of esters is 1. The SMILES string of the molecule is CCCCOC(=O)C1CCCc2sccc21. The monoisotopic (exact) mass is 238 g/mol. The highest BCUT2D eigenvalue weighted by molar-refractivity contribution is 7.10. The number of hydrogen-bond acceptors (Lipinski definition) is 3. The molecule has 0 aromatic carbocycles. The Morgan fingerprint density at radius 2 is 2.50 bits per heavy atom. The van der Waals surface area contributed by atoms with Gasteiger partial charge in [0.05, 0.1) is 12.5 Å². The van der Waals surface area contributed by atoms with Gasteiger partial charge in [-0.15, -0.1) is 11.3 Å². The second kappa shape index (κ2) is 5.48. The van der Waals surface area contributed by atoms with E-state index >= 15 is 0 Å². The molecule has 0 bridgehead atoms. The van der Waals surface area contributed by atoms with E-state index in [0.29, 0.717) is 6.61 Å². The van der Waals surface area contributed by atoms with Gasteiger partial charge in [-0.3, -0.25) is 4.79 Å². The number of fused-ring (bicyclic) bond motifs is 1. The summed E-state index contributed by atoms with van der Waals surface area (Å²) >= 11 is 1.77. The zero-order valence-electron chi connectivity index (χ0n) is 9.70. The van der Waals surface area contributed by atoms with Crippen LogP contribution in [0.2, 0.25) is 0 Å². The molecule has 1 aliphatic carbocycles.